The van der Waals surface area contributed by atoms with Crippen molar-refractivity contribution >= 4 is 17.3 Å². The highest BCUT2D eigenvalue weighted by Crippen LogP contribution is 2.30. The standard InChI is InChI=1S/C11H16O2S/c1-4-8(5-2)9-6-7-14-10(9)11(12)13-3/h6-8H,4-5H2,1-3H3. The molecule has 14 heavy (non-hydrogen) atoms. The summed E-state index contributed by atoms with van der Waals surface area (Å²) in [4.78, 5) is 12.2. The summed E-state index contributed by atoms with van der Waals surface area (Å²) in [6.45, 7) is 4.29. The monoisotopic (exact) mass is 212 g/mol. The third kappa shape index (κ3) is 2.15. The van der Waals surface area contributed by atoms with Crippen molar-refractivity contribution in [2.45, 2.75) is 32.6 Å². The van der Waals surface area contributed by atoms with Gasteiger partial charge in [-0.1, -0.05) is 13.8 Å². The number of hydrogen-bond acceptors (Lipinski definition) is 3. The summed E-state index contributed by atoms with van der Waals surface area (Å²) >= 11 is 1.47. The van der Waals surface area contributed by atoms with Gasteiger partial charge in [-0.05, 0) is 35.8 Å². The SMILES string of the molecule is CCC(CC)c1ccsc1C(=O)OC. The van der Waals surface area contributed by atoms with Gasteiger partial charge in [0.05, 0.1) is 7.11 Å². The van der Waals surface area contributed by atoms with Crippen LogP contribution in [0, 0.1) is 0 Å². The lowest BCUT2D eigenvalue weighted by Crippen LogP contribution is -2.05. The molecule has 3 heteroatoms. The van der Waals surface area contributed by atoms with E-state index in [1.807, 2.05) is 11.4 Å². The molecule has 0 fully saturated rings. The van der Waals surface area contributed by atoms with Crippen LogP contribution in [0.2, 0.25) is 0 Å². The zero-order valence-electron chi connectivity index (χ0n) is 8.87. The predicted molar refractivity (Wildman–Crippen MR) is 59.0 cm³/mol. The van der Waals surface area contributed by atoms with Gasteiger partial charge in [0.15, 0.2) is 0 Å². The van der Waals surface area contributed by atoms with Crippen molar-refractivity contribution in [3.8, 4) is 0 Å². The Balaban J connectivity index is 2.96. The zero-order valence-corrected chi connectivity index (χ0v) is 9.69. The van der Waals surface area contributed by atoms with Crippen LogP contribution >= 0.6 is 11.3 Å². The third-order valence-electron chi connectivity index (χ3n) is 2.49. The van der Waals surface area contributed by atoms with Gasteiger partial charge in [-0.3, -0.25) is 0 Å². The fourth-order valence-corrected chi connectivity index (χ4v) is 2.53. The Morgan fingerprint density at radius 2 is 2.14 bits per heavy atom. The first kappa shape index (κ1) is 11.2. The van der Waals surface area contributed by atoms with Crippen LogP contribution in [0.15, 0.2) is 11.4 Å². The van der Waals surface area contributed by atoms with E-state index >= 15 is 0 Å². The first-order chi connectivity index (χ1) is 6.74. The quantitative estimate of drug-likeness (QED) is 0.715. The Morgan fingerprint density at radius 3 is 2.64 bits per heavy atom. The largest absolute Gasteiger partial charge is 0.465 e. The van der Waals surface area contributed by atoms with Crippen LogP contribution < -0.4 is 0 Å². The topological polar surface area (TPSA) is 26.3 Å². The maximum Gasteiger partial charge on any atom is 0.348 e. The molecule has 0 saturated heterocycles. The molecule has 78 valence electrons. The summed E-state index contributed by atoms with van der Waals surface area (Å²) in [5.41, 5.74) is 1.15. The smallest absolute Gasteiger partial charge is 0.348 e. The van der Waals surface area contributed by atoms with Crippen LogP contribution in [0.5, 0.6) is 0 Å². The molecular weight excluding hydrogens is 196 g/mol. The van der Waals surface area contributed by atoms with Crippen LogP contribution in [0.1, 0.15) is 47.8 Å². The molecule has 0 bridgehead atoms. The van der Waals surface area contributed by atoms with Crippen LogP contribution in [-0.2, 0) is 4.74 Å². The Labute approximate surface area is 88.9 Å². The number of methoxy groups -OCH3 is 1. The fraction of sp³-hybridized carbons (Fsp3) is 0.545. The van der Waals surface area contributed by atoms with Gasteiger partial charge < -0.3 is 4.74 Å². The summed E-state index contributed by atoms with van der Waals surface area (Å²) in [7, 11) is 1.43. The van der Waals surface area contributed by atoms with Crippen molar-refractivity contribution in [1.29, 1.82) is 0 Å². The maximum atomic E-state index is 11.4. The molecule has 0 amide bonds. The van der Waals surface area contributed by atoms with Crippen molar-refractivity contribution in [3.63, 3.8) is 0 Å². The van der Waals surface area contributed by atoms with E-state index in [-0.39, 0.29) is 5.97 Å². The van der Waals surface area contributed by atoms with Crippen LogP contribution in [0.25, 0.3) is 0 Å². The second-order valence-electron chi connectivity index (χ2n) is 3.21. The molecule has 0 spiro atoms. The first-order valence-electron chi connectivity index (χ1n) is 4.90. The molecule has 0 aliphatic carbocycles. The Morgan fingerprint density at radius 1 is 1.50 bits per heavy atom. The molecule has 1 heterocycles. The molecule has 1 aromatic heterocycles. The molecule has 0 aliphatic heterocycles. The number of ether oxygens (including phenoxy) is 1. The summed E-state index contributed by atoms with van der Waals surface area (Å²) in [5, 5.41) is 1.96. The van der Waals surface area contributed by atoms with Gasteiger partial charge in [0, 0.05) is 0 Å². The molecule has 0 radical (unpaired) electrons. The minimum Gasteiger partial charge on any atom is -0.465 e. The predicted octanol–water partition coefficient (Wildman–Crippen LogP) is 3.44. The number of rotatable bonds is 4. The fourth-order valence-electron chi connectivity index (χ4n) is 1.63. The van der Waals surface area contributed by atoms with E-state index in [4.69, 9.17) is 4.74 Å². The molecule has 0 unspecified atom stereocenters. The normalized spacial score (nSPS) is 10.6. The average molecular weight is 212 g/mol. The zero-order chi connectivity index (χ0) is 10.6. The second-order valence-corrected chi connectivity index (χ2v) is 4.13. The van der Waals surface area contributed by atoms with Crippen LogP contribution in [0.3, 0.4) is 0 Å². The number of carbonyl (C=O) groups is 1. The van der Waals surface area contributed by atoms with E-state index in [0.717, 1.165) is 23.3 Å². The van der Waals surface area contributed by atoms with Crippen molar-refractivity contribution in [3.05, 3.63) is 21.9 Å². The van der Waals surface area contributed by atoms with Crippen LogP contribution in [0.4, 0.5) is 0 Å². The van der Waals surface area contributed by atoms with Gasteiger partial charge in [-0.25, -0.2) is 4.79 Å². The van der Waals surface area contributed by atoms with Gasteiger partial charge in [-0.15, -0.1) is 11.3 Å². The molecule has 0 aliphatic rings. The lowest BCUT2D eigenvalue weighted by Gasteiger charge is -2.12. The molecule has 0 N–H and O–H groups in total. The number of thiophene rings is 1. The molecular formula is C11H16O2S. The lowest BCUT2D eigenvalue weighted by atomic mass is 9.94. The summed E-state index contributed by atoms with van der Waals surface area (Å²) < 4.78 is 4.75. The highest BCUT2D eigenvalue weighted by atomic mass is 32.1. The number of carbonyl (C=O) groups excluding carboxylic acids is 1. The molecule has 0 aromatic carbocycles. The highest BCUT2D eigenvalue weighted by molar-refractivity contribution is 7.12. The van der Waals surface area contributed by atoms with E-state index in [9.17, 15) is 4.79 Å². The van der Waals surface area contributed by atoms with E-state index in [1.165, 1.54) is 18.4 Å². The van der Waals surface area contributed by atoms with Crippen molar-refractivity contribution in [2.75, 3.05) is 7.11 Å². The molecule has 2 nitrogen and oxygen atoms in total. The Kier molecular flexibility index (Phi) is 4.14. The lowest BCUT2D eigenvalue weighted by molar-refractivity contribution is 0.0604. The van der Waals surface area contributed by atoms with E-state index < -0.39 is 0 Å². The van der Waals surface area contributed by atoms with E-state index in [1.54, 1.807) is 0 Å². The van der Waals surface area contributed by atoms with Gasteiger partial charge in [0.25, 0.3) is 0 Å². The Hall–Kier alpha value is -0.830. The molecule has 0 saturated carbocycles. The highest BCUT2D eigenvalue weighted by Gasteiger charge is 2.18. The minimum absolute atomic E-state index is 0.207. The second kappa shape index (κ2) is 5.15. The van der Waals surface area contributed by atoms with Crippen molar-refractivity contribution in [2.24, 2.45) is 0 Å². The molecule has 0 atom stereocenters. The van der Waals surface area contributed by atoms with E-state index in [2.05, 4.69) is 13.8 Å². The summed E-state index contributed by atoms with van der Waals surface area (Å²) in [5.74, 6) is 0.275. The number of esters is 1. The first-order valence-corrected chi connectivity index (χ1v) is 5.78. The summed E-state index contributed by atoms with van der Waals surface area (Å²) in [6, 6.07) is 2.04. The van der Waals surface area contributed by atoms with Gasteiger partial charge in [0.2, 0.25) is 0 Å². The van der Waals surface area contributed by atoms with Gasteiger partial charge >= 0.3 is 5.97 Å². The van der Waals surface area contributed by atoms with Gasteiger partial charge in [0.1, 0.15) is 4.88 Å². The van der Waals surface area contributed by atoms with Crippen LogP contribution in [-0.4, -0.2) is 13.1 Å². The number of hydrogen-bond donors (Lipinski definition) is 0. The summed E-state index contributed by atoms with van der Waals surface area (Å²) in [6.07, 6.45) is 2.13. The molecule has 1 aromatic rings. The van der Waals surface area contributed by atoms with Gasteiger partial charge in [-0.2, -0.15) is 0 Å². The van der Waals surface area contributed by atoms with Crippen molar-refractivity contribution in [1.82, 2.24) is 0 Å². The molecule has 1 rings (SSSR count). The van der Waals surface area contributed by atoms with Crippen molar-refractivity contribution < 1.29 is 9.53 Å². The average Bonchev–Trinajstić information content (AvgIpc) is 2.68. The van der Waals surface area contributed by atoms with E-state index in [0.29, 0.717) is 5.92 Å². The third-order valence-corrected chi connectivity index (χ3v) is 3.40. The maximum absolute atomic E-state index is 11.4. The Bertz CT molecular complexity index is 300. The minimum atomic E-state index is -0.207.